The van der Waals surface area contributed by atoms with Crippen LogP contribution in [0, 0.1) is 5.92 Å². The summed E-state index contributed by atoms with van der Waals surface area (Å²) >= 11 is 0. The number of carbonyl (C=O) groups excluding carboxylic acids is 1. The fourth-order valence-corrected chi connectivity index (χ4v) is 2.01. The predicted molar refractivity (Wildman–Crippen MR) is 57.4 cm³/mol. The number of β-amino-alcohol motifs (C(OH)–C–C–N with tert-alkyl or cyclic N) is 1. The van der Waals surface area contributed by atoms with Crippen molar-refractivity contribution in [2.24, 2.45) is 5.92 Å². The third-order valence-corrected chi connectivity index (χ3v) is 3.13. The zero-order valence-electron chi connectivity index (χ0n) is 9.11. The van der Waals surface area contributed by atoms with Crippen LogP contribution in [0.5, 0.6) is 0 Å². The number of nitrogens with one attached hydrogen (secondary N) is 1. The smallest absolute Gasteiger partial charge is 0.234 e. The Hall–Kier alpha value is -0.610. The second kappa shape index (κ2) is 4.94. The molecular formula is C11H20N2O2. The lowest BCUT2D eigenvalue weighted by molar-refractivity contribution is -0.123. The summed E-state index contributed by atoms with van der Waals surface area (Å²) in [6.45, 7) is 2.88. The number of likely N-dealkylation sites (tertiary alicyclic amines) is 1. The zero-order valence-corrected chi connectivity index (χ0v) is 9.11. The van der Waals surface area contributed by atoms with E-state index < -0.39 is 0 Å². The third-order valence-electron chi connectivity index (χ3n) is 3.13. The predicted octanol–water partition coefficient (Wildman–Crippen LogP) is -0.0307. The van der Waals surface area contributed by atoms with Gasteiger partial charge in [-0.05, 0) is 38.1 Å². The van der Waals surface area contributed by atoms with Gasteiger partial charge < -0.3 is 10.4 Å². The molecule has 0 bridgehead atoms. The Morgan fingerprint density at radius 3 is 2.87 bits per heavy atom. The van der Waals surface area contributed by atoms with Gasteiger partial charge in [-0.25, -0.2) is 0 Å². The first-order valence-corrected chi connectivity index (χ1v) is 5.91. The molecule has 1 aliphatic heterocycles. The summed E-state index contributed by atoms with van der Waals surface area (Å²) in [6, 6.07) is 0. The highest BCUT2D eigenvalue weighted by Crippen LogP contribution is 2.27. The highest BCUT2D eigenvalue weighted by molar-refractivity contribution is 5.78. The van der Waals surface area contributed by atoms with E-state index in [1.807, 2.05) is 4.90 Å². The van der Waals surface area contributed by atoms with Crippen LogP contribution in [-0.4, -0.2) is 48.2 Å². The molecule has 86 valence electrons. The van der Waals surface area contributed by atoms with E-state index in [1.54, 1.807) is 0 Å². The van der Waals surface area contributed by atoms with Crippen LogP contribution in [0.25, 0.3) is 0 Å². The van der Waals surface area contributed by atoms with E-state index in [0.29, 0.717) is 13.1 Å². The lowest BCUT2D eigenvalue weighted by atomic mass is 10.1. The van der Waals surface area contributed by atoms with Crippen LogP contribution in [0.15, 0.2) is 0 Å². The quantitative estimate of drug-likeness (QED) is 0.688. The van der Waals surface area contributed by atoms with Crippen LogP contribution in [0.4, 0.5) is 0 Å². The highest BCUT2D eigenvalue weighted by Gasteiger charge is 2.23. The summed E-state index contributed by atoms with van der Waals surface area (Å²) in [5, 5.41) is 12.4. The Bertz CT molecular complexity index is 229. The van der Waals surface area contributed by atoms with Gasteiger partial charge in [-0.15, -0.1) is 0 Å². The first kappa shape index (κ1) is 10.9. The maximum atomic E-state index is 11.5. The van der Waals surface area contributed by atoms with Gasteiger partial charge in [0, 0.05) is 13.1 Å². The number of hydrogen-bond donors (Lipinski definition) is 2. The van der Waals surface area contributed by atoms with E-state index in [2.05, 4.69) is 5.32 Å². The molecule has 2 N–H and O–H groups in total. The maximum Gasteiger partial charge on any atom is 0.234 e. The molecule has 1 unspecified atom stereocenters. The van der Waals surface area contributed by atoms with Gasteiger partial charge in [-0.1, -0.05) is 0 Å². The van der Waals surface area contributed by atoms with Gasteiger partial charge in [0.1, 0.15) is 0 Å². The number of nitrogens with zero attached hydrogens (tertiary/aromatic N) is 1. The Morgan fingerprint density at radius 1 is 1.40 bits per heavy atom. The number of rotatable bonds is 4. The third kappa shape index (κ3) is 3.80. The largest absolute Gasteiger partial charge is 0.392 e. The first-order chi connectivity index (χ1) is 7.24. The van der Waals surface area contributed by atoms with Crippen molar-refractivity contribution in [1.82, 2.24) is 10.2 Å². The molecule has 1 saturated carbocycles. The second-order valence-corrected chi connectivity index (χ2v) is 4.78. The fourth-order valence-electron chi connectivity index (χ4n) is 2.01. The Balaban J connectivity index is 1.63. The molecule has 2 rings (SSSR count). The van der Waals surface area contributed by atoms with Gasteiger partial charge in [0.05, 0.1) is 12.6 Å². The number of hydrogen-bond acceptors (Lipinski definition) is 3. The molecule has 1 aliphatic carbocycles. The van der Waals surface area contributed by atoms with Crippen LogP contribution in [0.3, 0.4) is 0 Å². The molecule has 4 nitrogen and oxygen atoms in total. The average Bonchev–Trinajstić information content (AvgIpc) is 2.98. The molecule has 0 spiro atoms. The lowest BCUT2D eigenvalue weighted by Crippen LogP contribution is -2.44. The summed E-state index contributed by atoms with van der Waals surface area (Å²) in [5.41, 5.74) is 0. The van der Waals surface area contributed by atoms with E-state index in [1.165, 1.54) is 12.8 Å². The van der Waals surface area contributed by atoms with Crippen molar-refractivity contribution in [3.05, 3.63) is 0 Å². The molecule has 1 amide bonds. The van der Waals surface area contributed by atoms with Crippen molar-refractivity contribution in [3.8, 4) is 0 Å². The van der Waals surface area contributed by atoms with Gasteiger partial charge in [0.15, 0.2) is 0 Å². The first-order valence-electron chi connectivity index (χ1n) is 5.91. The Morgan fingerprint density at radius 2 is 2.20 bits per heavy atom. The number of amides is 1. The molecule has 1 saturated heterocycles. The van der Waals surface area contributed by atoms with E-state index in [4.69, 9.17) is 0 Å². The topological polar surface area (TPSA) is 52.6 Å². The number of aliphatic hydroxyl groups excluding tert-OH is 1. The standard InChI is InChI=1S/C11H20N2O2/c14-10-2-1-5-13(7-10)8-11(15)12-6-9-3-4-9/h9-10,14H,1-8H2,(H,12,15). The summed E-state index contributed by atoms with van der Waals surface area (Å²) in [5.74, 6) is 0.844. The Kier molecular flexibility index (Phi) is 3.59. The molecule has 1 heterocycles. The van der Waals surface area contributed by atoms with Crippen molar-refractivity contribution in [2.45, 2.75) is 31.8 Å². The molecule has 0 aromatic heterocycles. The van der Waals surface area contributed by atoms with Gasteiger partial charge in [0.25, 0.3) is 0 Å². The lowest BCUT2D eigenvalue weighted by Gasteiger charge is -2.29. The van der Waals surface area contributed by atoms with E-state index in [0.717, 1.165) is 31.8 Å². The van der Waals surface area contributed by atoms with E-state index in [-0.39, 0.29) is 12.0 Å². The van der Waals surface area contributed by atoms with Crippen molar-refractivity contribution >= 4 is 5.91 Å². The molecule has 0 radical (unpaired) electrons. The summed E-state index contributed by atoms with van der Waals surface area (Å²) < 4.78 is 0. The molecule has 4 heteroatoms. The summed E-state index contributed by atoms with van der Waals surface area (Å²) in [7, 11) is 0. The van der Waals surface area contributed by atoms with Crippen LogP contribution < -0.4 is 5.32 Å². The van der Waals surface area contributed by atoms with E-state index in [9.17, 15) is 9.90 Å². The van der Waals surface area contributed by atoms with Crippen molar-refractivity contribution in [3.63, 3.8) is 0 Å². The summed E-state index contributed by atoms with van der Waals surface area (Å²) in [6.07, 6.45) is 4.16. The normalized spacial score (nSPS) is 27.7. The molecular weight excluding hydrogens is 192 g/mol. The molecule has 2 fully saturated rings. The van der Waals surface area contributed by atoms with Gasteiger partial charge in [-0.2, -0.15) is 0 Å². The van der Waals surface area contributed by atoms with Gasteiger partial charge in [0.2, 0.25) is 5.91 Å². The minimum atomic E-state index is -0.241. The number of piperidine rings is 1. The Labute approximate surface area is 90.6 Å². The average molecular weight is 212 g/mol. The molecule has 1 atom stereocenters. The number of aliphatic hydroxyl groups is 1. The minimum absolute atomic E-state index is 0.107. The van der Waals surface area contributed by atoms with Crippen molar-refractivity contribution in [2.75, 3.05) is 26.2 Å². The SMILES string of the molecule is O=C(CN1CCCC(O)C1)NCC1CC1. The van der Waals surface area contributed by atoms with E-state index >= 15 is 0 Å². The van der Waals surface area contributed by atoms with Gasteiger partial charge in [-0.3, -0.25) is 9.69 Å². The highest BCUT2D eigenvalue weighted by atomic mass is 16.3. The maximum absolute atomic E-state index is 11.5. The van der Waals surface area contributed by atoms with Crippen LogP contribution in [0.2, 0.25) is 0 Å². The number of carbonyl (C=O) groups is 1. The second-order valence-electron chi connectivity index (χ2n) is 4.78. The van der Waals surface area contributed by atoms with Crippen LogP contribution in [0.1, 0.15) is 25.7 Å². The zero-order chi connectivity index (χ0) is 10.7. The van der Waals surface area contributed by atoms with Gasteiger partial charge >= 0.3 is 0 Å². The molecule has 15 heavy (non-hydrogen) atoms. The monoisotopic (exact) mass is 212 g/mol. The summed E-state index contributed by atoms with van der Waals surface area (Å²) in [4.78, 5) is 13.6. The molecule has 2 aliphatic rings. The molecule has 0 aromatic carbocycles. The molecule has 0 aromatic rings. The van der Waals surface area contributed by atoms with Crippen molar-refractivity contribution in [1.29, 1.82) is 0 Å². The van der Waals surface area contributed by atoms with Crippen LogP contribution in [-0.2, 0) is 4.79 Å². The fraction of sp³-hybridized carbons (Fsp3) is 0.909. The minimum Gasteiger partial charge on any atom is -0.392 e. The van der Waals surface area contributed by atoms with Crippen LogP contribution >= 0.6 is 0 Å². The van der Waals surface area contributed by atoms with Crippen molar-refractivity contribution < 1.29 is 9.90 Å².